The lowest BCUT2D eigenvalue weighted by atomic mass is 9.98. The Morgan fingerprint density at radius 3 is 2.44 bits per heavy atom. The van der Waals surface area contributed by atoms with Crippen LogP contribution in [0.3, 0.4) is 0 Å². The number of alkyl carbamates (subject to hydrolysis) is 1. The predicted octanol–water partition coefficient (Wildman–Crippen LogP) is 1.27. The molecule has 5 amide bonds. The largest absolute Gasteiger partial charge is 0.444 e. The van der Waals surface area contributed by atoms with Crippen LogP contribution in [0, 0.1) is 0 Å². The van der Waals surface area contributed by atoms with Crippen molar-refractivity contribution in [1.29, 1.82) is 0 Å². The smallest absolute Gasteiger partial charge is 0.407 e. The molecule has 1 aliphatic heterocycles. The van der Waals surface area contributed by atoms with Crippen molar-refractivity contribution in [1.82, 2.24) is 20.9 Å². The van der Waals surface area contributed by atoms with E-state index in [1.165, 1.54) is 4.90 Å². The molecule has 2 aliphatic rings. The lowest BCUT2D eigenvalue weighted by Crippen LogP contribution is -2.44. The average Bonchev–Trinajstić information content (AvgIpc) is 3.10. The minimum absolute atomic E-state index is 0.130. The minimum Gasteiger partial charge on any atom is -0.444 e. The Labute approximate surface area is 159 Å². The zero-order valence-corrected chi connectivity index (χ0v) is 16.4. The number of carbonyl (C=O) groups is 4. The SMILES string of the molecule is CC(C)(C)OC(=O)NCCC(=O)NCCCN1C(=O)NC2(CCCC2)C1=O. The van der Waals surface area contributed by atoms with Crippen molar-refractivity contribution >= 4 is 23.9 Å². The highest BCUT2D eigenvalue weighted by molar-refractivity contribution is 6.07. The second kappa shape index (κ2) is 8.58. The third-order valence-electron chi connectivity index (χ3n) is 4.60. The van der Waals surface area contributed by atoms with E-state index in [-0.39, 0.29) is 37.4 Å². The van der Waals surface area contributed by atoms with Crippen molar-refractivity contribution < 1.29 is 23.9 Å². The molecular formula is C18H30N4O5. The number of carbonyl (C=O) groups excluding carboxylic acids is 4. The van der Waals surface area contributed by atoms with Gasteiger partial charge in [0, 0.05) is 26.1 Å². The van der Waals surface area contributed by atoms with Gasteiger partial charge in [0.2, 0.25) is 5.91 Å². The molecule has 2 rings (SSSR count). The van der Waals surface area contributed by atoms with E-state index in [0.29, 0.717) is 25.8 Å². The third-order valence-corrected chi connectivity index (χ3v) is 4.60. The van der Waals surface area contributed by atoms with E-state index >= 15 is 0 Å². The van der Waals surface area contributed by atoms with Crippen molar-refractivity contribution in [3.8, 4) is 0 Å². The zero-order valence-electron chi connectivity index (χ0n) is 16.4. The van der Waals surface area contributed by atoms with Gasteiger partial charge >= 0.3 is 12.1 Å². The summed E-state index contributed by atoms with van der Waals surface area (Å²) in [5, 5.41) is 8.07. The number of nitrogens with zero attached hydrogens (tertiary/aromatic N) is 1. The molecule has 0 aromatic carbocycles. The van der Waals surface area contributed by atoms with Crippen molar-refractivity contribution in [2.24, 2.45) is 0 Å². The summed E-state index contributed by atoms with van der Waals surface area (Å²) in [6, 6.07) is -0.338. The molecule has 9 nitrogen and oxygen atoms in total. The van der Waals surface area contributed by atoms with Crippen LogP contribution in [0.5, 0.6) is 0 Å². The Bertz CT molecular complexity index is 593. The highest BCUT2D eigenvalue weighted by Gasteiger charge is 2.51. The van der Waals surface area contributed by atoms with Crippen molar-refractivity contribution in [3.63, 3.8) is 0 Å². The molecule has 0 bridgehead atoms. The molecule has 0 aromatic heterocycles. The monoisotopic (exact) mass is 382 g/mol. The van der Waals surface area contributed by atoms with Gasteiger partial charge in [-0.15, -0.1) is 0 Å². The van der Waals surface area contributed by atoms with Crippen LogP contribution in [0.2, 0.25) is 0 Å². The second-order valence-electron chi connectivity index (χ2n) is 8.06. The van der Waals surface area contributed by atoms with Gasteiger partial charge in [-0.2, -0.15) is 0 Å². The van der Waals surface area contributed by atoms with E-state index in [1.54, 1.807) is 20.8 Å². The fourth-order valence-corrected chi connectivity index (χ4v) is 3.34. The summed E-state index contributed by atoms with van der Waals surface area (Å²) in [6.07, 6.45) is 3.37. The van der Waals surface area contributed by atoms with Crippen LogP contribution < -0.4 is 16.0 Å². The van der Waals surface area contributed by atoms with Gasteiger partial charge < -0.3 is 20.7 Å². The van der Waals surface area contributed by atoms with Crippen LogP contribution in [0.15, 0.2) is 0 Å². The maximum atomic E-state index is 12.5. The molecule has 2 fully saturated rings. The maximum Gasteiger partial charge on any atom is 0.407 e. The first-order valence-electron chi connectivity index (χ1n) is 9.51. The molecule has 27 heavy (non-hydrogen) atoms. The molecule has 1 heterocycles. The van der Waals surface area contributed by atoms with Gasteiger partial charge in [-0.1, -0.05) is 12.8 Å². The van der Waals surface area contributed by atoms with E-state index in [1.807, 2.05) is 0 Å². The van der Waals surface area contributed by atoms with Gasteiger partial charge in [-0.3, -0.25) is 14.5 Å². The summed E-state index contributed by atoms with van der Waals surface area (Å²) < 4.78 is 5.08. The molecule has 152 valence electrons. The standard InChI is InChI=1S/C18H30N4O5/c1-17(2,3)27-16(26)20-11-7-13(23)19-10-6-12-22-14(24)18(21-15(22)25)8-4-5-9-18/h4-12H2,1-3H3,(H,19,23)(H,20,26)(H,21,25). The number of amides is 5. The molecule has 1 saturated carbocycles. The first-order valence-corrected chi connectivity index (χ1v) is 9.51. The van der Waals surface area contributed by atoms with E-state index in [4.69, 9.17) is 4.74 Å². The quantitative estimate of drug-likeness (QED) is 0.453. The fraction of sp³-hybridized carbons (Fsp3) is 0.778. The third kappa shape index (κ3) is 5.83. The molecule has 0 aromatic rings. The summed E-state index contributed by atoms with van der Waals surface area (Å²) in [5.74, 6) is -0.353. The summed E-state index contributed by atoms with van der Waals surface area (Å²) in [7, 11) is 0. The number of nitrogens with one attached hydrogen (secondary N) is 3. The molecule has 0 radical (unpaired) electrons. The number of hydrogen-bond donors (Lipinski definition) is 3. The molecular weight excluding hydrogens is 352 g/mol. The zero-order chi connectivity index (χ0) is 20.1. The Hall–Kier alpha value is -2.32. The number of imide groups is 1. The average molecular weight is 382 g/mol. The molecule has 9 heteroatoms. The van der Waals surface area contributed by atoms with Gasteiger partial charge in [-0.25, -0.2) is 9.59 Å². The maximum absolute atomic E-state index is 12.5. The van der Waals surface area contributed by atoms with Crippen LogP contribution in [0.25, 0.3) is 0 Å². The highest BCUT2D eigenvalue weighted by Crippen LogP contribution is 2.34. The molecule has 0 unspecified atom stereocenters. The number of urea groups is 1. The van der Waals surface area contributed by atoms with Crippen LogP contribution in [-0.4, -0.2) is 59.6 Å². The van der Waals surface area contributed by atoms with Crippen LogP contribution >= 0.6 is 0 Å². The van der Waals surface area contributed by atoms with Gasteiger partial charge in [-0.05, 0) is 40.0 Å². The van der Waals surface area contributed by atoms with Crippen LogP contribution in [-0.2, 0) is 14.3 Å². The Kier molecular flexibility index (Phi) is 6.67. The Balaban J connectivity index is 1.60. The van der Waals surface area contributed by atoms with Gasteiger partial charge in [0.25, 0.3) is 5.91 Å². The fourth-order valence-electron chi connectivity index (χ4n) is 3.34. The van der Waals surface area contributed by atoms with Gasteiger partial charge in [0.05, 0.1) is 0 Å². The highest BCUT2D eigenvalue weighted by atomic mass is 16.6. The van der Waals surface area contributed by atoms with Crippen LogP contribution in [0.4, 0.5) is 9.59 Å². The summed E-state index contributed by atoms with van der Waals surface area (Å²) in [4.78, 5) is 49.0. The van der Waals surface area contributed by atoms with E-state index in [9.17, 15) is 19.2 Å². The normalized spacial score (nSPS) is 18.6. The van der Waals surface area contributed by atoms with E-state index in [2.05, 4.69) is 16.0 Å². The Morgan fingerprint density at radius 2 is 1.81 bits per heavy atom. The Morgan fingerprint density at radius 1 is 1.15 bits per heavy atom. The topological polar surface area (TPSA) is 117 Å². The lowest BCUT2D eigenvalue weighted by molar-refractivity contribution is -0.131. The number of ether oxygens (including phenoxy) is 1. The lowest BCUT2D eigenvalue weighted by Gasteiger charge is -2.20. The predicted molar refractivity (Wildman–Crippen MR) is 97.9 cm³/mol. The second-order valence-corrected chi connectivity index (χ2v) is 8.06. The van der Waals surface area contributed by atoms with Crippen LogP contribution in [0.1, 0.15) is 59.3 Å². The van der Waals surface area contributed by atoms with E-state index < -0.39 is 17.2 Å². The van der Waals surface area contributed by atoms with Crippen molar-refractivity contribution in [3.05, 3.63) is 0 Å². The van der Waals surface area contributed by atoms with Gasteiger partial charge in [0.1, 0.15) is 11.1 Å². The van der Waals surface area contributed by atoms with Crippen molar-refractivity contribution in [2.45, 2.75) is 70.4 Å². The molecule has 1 saturated heterocycles. The molecule has 0 atom stereocenters. The first kappa shape index (κ1) is 21.0. The summed E-state index contributed by atoms with van der Waals surface area (Å²) in [6.45, 7) is 6.10. The van der Waals surface area contributed by atoms with Crippen molar-refractivity contribution in [2.75, 3.05) is 19.6 Å². The molecule has 1 aliphatic carbocycles. The molecule has 3 N–H and O–H groups in total. The number of rotatable bonds is 7. The molecule has 1 spiro atoms. The summed E-state index contributed by atoms with van der Waals surface area (Å²) in [5.41, 5.74) is -1.27. The number of hydrogen-bond acceptors (Lipinski definition) is 5. The minimum atomic E-state index is -0.687. The van der Waals surface area contributed by atoms with E-state index in [0.717, 1.165) is 12.8 Å². The summed E-state index contributed by atoms with van der Waals surface area (Å²) >= 11 is 0. The first-order chi connectivity index (χ1) is 12.6. The van der Waals surface area contributed by atoms with Gasteiger partial charge in [0.15, 0.2) is 0 Å².